The number of amides is 1. The largest absolute Gasteiger partial charge is 0.331 e. The van der Waals surface area contributed by atoms with Crippen molar-refractivity contribution in [1.29, 1.82) is 0 Å². The number of rotatable bonds is 3. The zero-order valence-corrected chi connectivity index (χ0v) is 21.7. The maximum atomic E-state index is 12.6. The molecule has 0 atom stereocenters. The predicted octanol–water partition coefficient (Wildman–Crippen LogP) is 7.92. The summed E-state index contributed by atoms with van der Waals surface area (Å²) >= 11 is 26.1. The summed E-state index contributed by atoms with van der Waals surface area (Å²) < 4.78 is 2.71. The van der Waals surface area contributed by atoms with Crippen LogP contribution in [-0.2, 0) is 0 Å². The van der Waals surface area contributed by atoms with E-state index in [2.05, 4.69) is 42.5 Å². The van der Waals surface area contributed by atoms with Crippen LogP contribution in [0, 0.1) is 0 Å². The Morgan fingerprint density at radius 3 is 2.58 bits per heavy atom. The number of anilines is 1. The summed E-state index contributed by atoms with van der Waals surface area (Å²) in [6, 6.07) is 16.4. The van der Waals surface area contributed by atoms with Gasteiger partial charge < -0.3 is 5.32 Å². The molecule has 4 rings (SSSR count). The number of thiazole rings is 1. The normalized spacial score (nSPS) is 10.8. The van der Waals surface area contributed by atoms with E-state index in [0.717, 1.165) is 29.7 Å². The Balaban J connectivity index is 1.63. The van der Waals surface area contributed by atoms with Crippen molar-refractivity contribution in [2.24, 2.45) is 0 Å². The van der Waals surface area contributed by atoms with Crippen molar-refractivity contribution in [3.8, 4) is 10.6 Å². The van der Waals surface area contributed by atoms with E-state index >= 15 is 0 Å². The molecule has 0 aliphatic heterocycles. The number of hydrogen-bond acceptors (Lipinski definition) is 4. The third-order valence-corrected chi connectivity index (χ3v) is 7.13. The number of carbonyl (C=O) groups is 1. The van der Waals surface area contributed by atoms with Gasteiger partial charge in [-0.15, -0.1) is 11.3 Å². The molecule has 0 fully saturated rings. The fourth-order valence-corrected chi connectivity index (χ4v) is 5.85. The Kier molecular flexibility index (Phi) is 6.95. The van der Waals surface area contributed by atoms with Crippen molar-refractivity contribution in [3.05, 3.63) is 79.2 Å². The zero-order chi connectivity index (χ0) is 22.1. The Morgan fingerprint density at radius 2 is 1.84 bits per heavy atom. The highest BCUT2D eigenvalue weighted by Crippen LogP contribution is 2.40. The summed E-state index contributed by atoms with van der Waals surface area (Å²) in [5, 5.41) is 7.40. The van der Waals surface area contributed by atoms with E-state index < -0.39 is 5.91 Å². The summed E-state index contributed by atoms with van der Waals surface area (Å²) in [4.78, 5) is 17.3. The van der Waals surface area contributed by atoms with Crippen LogP contribution >= 0.6 is 78.6 Å². The number of carbonyl (C=O) groups excluding carboxylic acids is 1. The second-order valence-corrected chi connectivity index (χ2v) is 10.4. The van der Waals surface area contributed by atoms with E-state index in [4.69, 9.17) is 40.4 Å². The summed E-state index contributed by atoms with van der Waals surface area (Å²) in [5.74, 6) is -0.436. The van der Waals surface area contributed by atoms with Gasteiger partial charge in [0.1, 0.15) is 5.01 Å². The van der Waals surface area contributed by atoms with Crippen LogP contribution in [-0.4, -0.2) is 16.0 Å². The van der Waals surface area contributed by atoms with Crippen molar-refractivity contribution in [2.75, 3.05) is 5.32 Å². The number of hydrogen-bond donors (Lipinski definition) is 2. The number of para-hydroxylation sites is 1. The third kappa shape index (κ3) is 5.10. The molecular weight excluding hydrogens is 605 g/mol. The topological polar surface area (TPSA) is 54.0 Å². The van der Waals surface area contributed by atoms with Gasteiger partial charge in [-0.2, -0.15) is 0 Å². The molecule has 0 aliphatic carbocycles. The van der Waals surface area contributed by atoms with Gasteiger partial charge in [0.15, 0.2) is 5.11 Å². The van der Waals surface area contributed by atoms with Crippen LogP contribution in [0.25, 0.3) is 20.8 Å². The average Bonchev–Trinajstić information content (AvgIpc) is 3.13. The highest BCUT2D eigenvalue weighted by Gasteiger charge is 2.18. The molecule has 0 spiro atoms. The molecule has 0 radical (unpaired) electrons. The summed E-state index contributed by atoms with van der Waals surface area (Å²) in [6.45, 7) is 0. The van der Waals surface area contributed by atoms with Crippen LogP contribution < -0.4 is 10.6 Å². The molecule has 0 saturated carbocycles. The van der Waals surface area contributed by atoms with Gasteiger partial charge in [-0.25, -0.2) is 4.98 Å². The maximum Gasteiger partial charge on any atom is 0.258 e. The molecular formula is C21H11Br2Cl2N3OS2. The highest BCUT2D eigenvalue weighted by molar-refractivity contribution is 9.11. The van der Waals surface area contributed by atoms with E-state index in [0.29, 0.717) is 10.7 Å². The first-order chi connectivity index (χ1) is 14.8. The second-order valence-electron chi connectivity index (χ2n) is 6.33. The summed E-state index contributed by atoms with van der Waals surface area (Å²) in [6.07, 6.45) is 0. The lowest BCUT2D eigenvalue weighted by atomic mass is 10.2. The minimum atomic E-state index is -0.436. The van der Waals surface area contributed by atoms with Gasteiger partial charge in [-0.1, -0.05) is 51.3 Å². The number of fused-ring (bicyclic) bond motifs is 1. The number of nitrogens with one attached hydrogen (secondary N) is 2. The smallest absolute Gasteiger partial charge is 0.258 e. The van der Waals surface area contributed by atoms with E-state index in [1.54, 1.807) is 23.5 Å². The zero-order valence-electron chi connectivity index (χ0n) is 15.4. The molecule has 156 valence electrons. The number of thiocarbonyl (C=S) groups is 1. The van der Waals surface area contributed by atoms with E-state index in [1.807, 2.05) is 36.4 Å². The Labute approximate surface area is 214 Å². The molecule has 1 aromatic heterocycles. The fraction of sp³-hybridized carbons (Fsp3) is 0. The number of halogens is 4. The minimum Gasteiger partial charge on any atom is -0.331 e. The highest BCUT2D eigenvalue weighted by atomic mass is 79.9. The van der Waals surface area contributed by atoms with Gasteiger partial charge in [-0.05, 0) is 70.6 Å². The van der Waals surface area contributed by atoms with Crippen molar-refractivity contribution in [2.45, 2.75) is 0 Å². The molecule has 1 amide bonds. The van der Waals surface area contributed by atoms with Gasteiger partial charge >= 0.3 is 0 Å². The first-order valence-electron chi connectivity index (χ1n) is 8.74. The fourth-order valence-electron chi connectivity index (χ4n) is 2.85. The standard InChI is InChI=1S/C21H11Br2Cl2N3OS2/c22-10-7-13(20-26-16-3-1-2-4-17(16)31-20)18(14(23)8-10)27-21(30)28-19(29)12-6-5-11(24)9-15(12)25/h1-9H,(H2,27,28,29,30). The lowest BCUT2D eigenvalue weighted by Gasteiger charge is -2.15. The summed E-state index contributed by atoms with van der Waals surface area (Å²) in [7, 11) is 0. The molecule has 0 unspecified atom stereocenters. The van der Waals surface area contributed by atoms with Crippen molar-refractivity contribution >= 4 is 106 Å². The van der Waals surface area contributed by atoms with E-state index in [9.17, 15) is 4.79 Å². The molecule has 10 heteroatoms. The SMILES string of the molecule is O=C(NC(=S)Nc1c(Br)cc(Br)cc1-c1nc2ccccc2s1)c1ccc(Cl)cc1Cl. The van der Waals surface area contributed by atoms with Crippen molar-refractivity contribution in [1.82, 2.24) is 10.3 Å². The summed E-state index contributed by atoms with van der Waals surface area (Å²) in [5.41, 5.74) is 2.72. The first-order valence-corrected chi connectivity index (χ1v) is 12.3. The van der Waals surface area contributed by atoms with Crippen LogP contribution in [0.5, 0.6) is 0 Å². The third-order valence-electron chi connectivity index (χ3n) is 4.22. The Morgan fingerprint density at radius 1 is 1.06 bits per heavy atom. The minimum absolute atomic E-state index is 0.126. The van der Waals surface area contributed by atoms with E-state index in [1.165, 1.54) is 6.07 Å². The predicted molar refractivity (Wildman–Crippen MR) is 141 cm³/mol. The van der Waals surface area contributed by atoms with E-state index in [-0.39, 0.29) is 15.7 Å². The number of nitrogens with zero attached hydrogens (tertiary/aromatic N) is 1. The quantitative estimate of drug-likeness (QED) is 0.230. The van der Waals surface area contributed by atoms with Gasteiger partial charge in [0.25, 0.3) is 5.91 Å². The lowest BCUT2D eigenvalue weighted by Crippen LogP contribution is -2.34. The van der Waals surface area contributed by atoms with Gasteiger partial charge in [0.05, 0.1) is 26.5 Å². The van der Waals surface area contributed by atoms with Crippen molar-refractivity contribution < 1.29 is 4.79 Å². The van der Waals surface area contributed by atoms with Gasteiger partial charge in [0, 0.05) is 19.5 Å². The molecule has 1 heterocycles. The molecule has 4 nitrogen and oxygen atoms in total. The monoisotopic (exact) mass is 613 g/mol. The molecule has 0 aliphatic rings. The molecule has 4 aromatic rings. The lowest BCUT2D eigenvalue weighted by molar-refractivity contribution is 0.0978. The van der Waals surface area contributed by atoms with Crippen LogP contribution in [0.15, 0.2) is 63.5 Å². The average molecular weight is 616 g/mol. The van der Waals surface area contributed by atoms with Crippen LogP contribution in [0.4, 0.5) is 5.69 Å². The number of aromatic nitrogens is 1. The molecule has 3 aromatic carbocycles. The van der Waals surface area contributed by atoms with Crippen LogP contribution in [0.3, 0.4) is 0 Å². The number of benzene rings is 3. The maximum absolute atomic E-state index is 12.6. The van der Waals surface area contributed by atoms with Gasteiger partial charge in [-0.3, -0.25) is 10.1 Å². The van der Waals surface area contributed by atoms with Crippen LogP contribution in [0.1, 0.15) is 10.4 Å². The van der Waals surface area contributed by atoms with Crippen LogP contribution in [0.2, 0.25) is 10.0 Å². The Hall–Kier alpha value is -1.55. The molecule has 31 heavy (non-hydrogen) atoms. The van der Waals surface area contributed by atoms with Crippen molar-refractivity contribution in [3.63, 3.8) is 0 Å². The second kappa shape index (κ2) is 9.52. The molecule has 2 N–H and O–H groups in total. The molecule has 0 bridgehead atoms. The molecule has 0 saturated heterocycles. The van der Waals surface area contributed by atoms with Gasteiger partial charge in [0.2, 0.25) is 0 Å². The Bertz CT molecular complexity index is 1310. The first kappa shape index (κ1) is 22.6.